The van der Waals surface area contributed by atoms with E-state index < -0.39 is 0 Å². The summed E-state index contributed by atoms with van der Waals surface area (Å²) >= 11 is 1.49. The van der Waals surface area contributed by atoms with Gasteiger partial charge in [-0.25, -0.2) is 14.6 Å². The highest BCUT2D eigenvalue weighted by molar-refractivity contribution is 7.22. The van der Waals surface area contributed by atoms with E-state index in [0.29, 0.717) is 17.2 Å². The van der Waals surface area contributed by atoms with E-state index in [1.54, 1.807) is 11.0 Å². The van der Waals surface area contributed by atoms with Crippen molar-refractivity contribution in [3.63, 3.8) is 0 Å². The lowest BCUT2D eigenvalue weighted by atomic mass is 10.1. The maximum Gasteiger partial charge on any atom is 0.257 e. The molecule has 0 spiro atoms. The number of nitrogens with one attached hydrogen (secondary N) is 1. The Morgan fingerprint density at radius 1 is 1.19 bits per heavy atom. The molecule has 0 aliphatic rings. The van der Waals surface area contributed by atoms with Crippen LogP contribution in [0.4, 0.5) is 5.13 Å². The molecule has 0 aliphatic heterocycles. The number of fused-ring (bicyclic) bond motifs is 1. The van der Waals surface area contributed by atoms with Crippen molar-refractivity contribution in [3.05, 3.63) is 71.3 Å². The van der Waals surface area contributed by atoms with E-state index in [9.17, 15) is 4.79 Å². The molecule has 0 unspecified atom stereocenters. The van der Waals surface area contributed by atoms with Gasteiger partial charge in [-0.05, 0) is 48.7 Å². The van der Waals surface area contributed by atoms with Crippen molar-refractivity contribution in [3.8, 4) is 0 Å². The lowest BCUT2D eigenvalue weighted by Crippen LogP contribution is -2.11. The smallest absolute Gasteiger partial charge is 0.257 e. The van der Waals surface area contributed by atoms with E-state index in [-0.39, 0.29) is 5.91 Å². The fraction of sp³-hybridized carbons (Fsp3) is 0.158. The Balaban J connectivity index is 1.50. The average molecular weight is 363 g/mol. The maximum atomic E-state index is 12.5. The van der Waals surface area contributed by atoms with Gasteiger partial charge in [0, 0.05) is 5.56 Å². The van der Waals surface area contributed by atoms with Crippen LogP contribution in [0.2, 0.25) is 0 Å². The minimum Gasteiger partial charge on any atom is -0.298 e. The number of amides is 1. The molecule has 0 bridgehead atoms. The number of hydrogen-bond acceptors (Lipinski definition) is 5. The van der Waals surface area contributed by atoms with Gasteiger partial charge in [0.25, 0.3) is 5.91 Å². The van der Waals surface area contributed by atoms with Gasteiger partial charge in [0.1, 0.15) is 12.7 Å². The molecule has 4 rings (SSSR count). The molecular formula is C19H17N5OS. The number of benzene rings is 2. The van der Waals surface area contributed by atoms with Gasteiger partial charge >= 0.3 is 0 Å². The monoisotopic (exact) mass is 363 g/mol. The standard InChI is InChI=1S/C19H17N5OS/c1-12-7-13(2)17-16(8-12)26-19(22-17)23-18(25)15-5-3-14(4-6-15)9-24-11-20-10-21-24/h3-8,10-11H,9H2,1-2H3,(H,22,23,25). The Hall–Kier alpha value is -3.06. The van der Waals surface area contributed by atoms with Gasteiger partial charge in [0.2, 0.25) is 0 Å². The Morgan fingerprint density at radius 3 is 2.73 bits per heavy atom. The molecule has 26 heavy (non-hydrogen) atoms. The molecule has 2 heterocycles. The van der Waals surface area contributed by atoms with Crippen molar-refractivity contribution < 1.29 is 4.79 Å². The molecule has 130 valence electrons. The van der Waals surface area contributed by atoms with Crippen LogP contribution in [0, 0.1) is 13.8 Å². The summed E-state index contributed by atoms with van der Waals surface area (Å²) in [6, 6.07) is 11.6. The SMILES string of the molecule is Cc1cc(C)c2nc(NC(=O)c3ccc(Cn4cncn4)cc3)sc2c1. The summed E-state index contributed by atoms with van der Waals surface area (Å²) in [5, 5.41) is 7.59. The largest absolute Gasteiger partial charge is 0.298 e. The van der Waals surface area contributed by atoms with Gasteiger partial charge < -0.3 is 0 Å². The van der Waals surface area contributed by atoms with Crippen LogP contribution in [0.25, 0.3) is 10.2 Å². The van der Waals surface area contributed by atoms with E-state index in [2.05, 4.69) is 39.4 Å². The van der Waals surface area contributed by atoms with Gasteiger partial charge in [-0.15, -0.1) is 0 Å². The van der Waals surface area contributed by atoms with Gasteiger partial charge in [0.15, 0.2) is 5.13 Å². The van der Waals surface area contributed by atoms with Crippen molar-refractivity contribution in [1.82, 2.24) is 19.7 Å². The topological polar surface area (TPSA) is 72.7 Å². The second kappa shape index (κ2) is 6.68. The highest BCUT2D eigenvalue weighted by atomic mass is 32.1. The van der Waals surface area contributed by atoms with Crippen LogP contribution in [0.1, 0.15) is 27.0 Å². The number of aromatic nitrogens is 4. The summed E-state index contributed by atoms with van der Waals surface area (Å²) in [5.74, 6) is -0.161. The van der Waals surface area contributed by atoms with Crippen LogP contribution < -0.4 is 5.32 Å². The van der Waals surface area contributed by atoms with Crippen LogP contribution in [-0.4, -0.2) is 25.7 Å². The lowest BCUT2D eigenvalue weighted by Gasteiger charge is -2.04. The van der Waals surface area contributed by atoms with Gasteiger partial charge in [-0.3, -0.25) is 10.1 Å². The van der Waals surface area contributed by atoms with E-state index >= 15 is 0 Å². The molecule has 4 aromatic rings. The van der Waals surface area contributed by atoms with Crippen molar-refractivity contribution in [2.24, 2.45) is 0 Å². The first-order chi connectivity index (χ1) is 12.6. The minimum absolute atomic E-state index is 0.161. The average Bonchev–Trinajstić information content (AvgIpc) is 3.25. The molecule has 2 aromatic carbocycles. The third-order valence-corrected chi connectivity index (χ3v) is 5.00. The Kier molecular flexibility index (Phi) is 4.22. The first-order valence-electron chi connectivity index (χ1n) is 8.19. The molecule has 0 saturated carbocycles. The summed E-state index contributed by atoms with van der Waals surface area (Å²) in [7, 11) is 0. The summed E-state index contributed by atoms with van der Waals surface area (Å²) in [5.41, 5.74) is 4.91. The normalized spacial score (nSPS) is 11.0. The third-order valence-electron chi connectivity index (χ3n) is 4.08. The van der Waals surface area contributed by atoms with Gasteiger partial charge in [-0.1, -0.05) is 29.5 Å². The lowest BCUT2D eigenvalue weighted by molar-refractivity contribution is 0.102. The fourth-order valence-electron chi connectivity index (χ4n) is 2.86. The summed E-state index contributed by atoms with van der Waals surface area (Å²) in [6.45, 7) is 4.72. The highest BCUT2D eigenvalue weighted by Gasteiger charge is 2.11. The summed E-state index contributed by atoms with van der Waals surface area (Å²) in [6.07, 6.45) is 3.17. The van der Waals surface area contributed by atoms with Crippen molar-refractivity contribution in [2.75, 3.05) is 5.32 Å². The Bertz CT molecular complexity index is 1070. The molecule has 0 aliphatic carbocycles. The number of thiazole rings is 1. The summed E-state index contributed by atoms with van der Waals surface area (Å²) in [4.78, 5) is 21.0. The first kappa shape index (κ1) is 16.4. The second-order valence-electron chi connectivity index (χ2n) is 6.19. The Labute approximate surface area is 154 Å². The van der Waals surface area contributed by atoms with Crippen LogP contribution in [0.5, 0.6) is 0 Å². The molecule has 1 amide bonds. The number of aryl methyl sites for hydroxylation is 2. The molecule has 1 N–H and O–H groups in total. The van der Waals surface area contributed by atoms with Crippen molar-refractivity contribution >= 4 is 32.6 Å². The predicted molar refractivity (Wildman–Crippen MR) is 103 cm³/mol. The number of carbonyl (C=O) groups excluding carboxylic acids is 1. The zero-order chi connectivity index (χ0) is 18.1. The molecule has 7 heteroatoms. The summed E-state index contributed by atoms with van der Waals surface area (Å²) < 4.78 is 2.82. The van der Waals surface area contributed by atoms with Crippen molar-refractivity contribution in [1.29, 1.82) is 0 Å². The minimum atomic E-state index is -0.161. The Morgan fingerprint density at radius 2 is 2.00 bits per heavy atom. The zero-order valence-corrected chi connectivity index (χ0v) is 15.2. The number of carbonyl (C=O) groups is 1. The second-order valence-corrected chi connectivity index (χ2v) is 7.22. The van der Waals surface area contributed by atoms with E-state index in [4.69, 9.17) is 0 Å². The molecular weight excluding hydrogens is 346 g/mol. The number of nitrogens with zero attached hydrogens (tertiary/aromatic N) is 4. The van der Waals surface area contributed by atoms with Crippen LogP contribution in [0.3, 0.4) is 0 Å². The molecule has 0 fully saturated rings. The highest BCUT2D eigenvalue weighted by Crippen LogP contribution is 2.29. The number of hydrogen-bond donors (Lipinski definition) is 1. The van der Waals surface area contributed by atoms with Crippen LogP contribution >= 0.6 is 11.3 Å². The third kappa shape index (κ3) is 3.34. The predicted octanol–water partition coefficient (Wildman–Crippen LogP) is 3.81. The van der Waals surface area contributed by atoms with Gasteiger partial charge in [-0.2, -0.15) is 5.10 Å². The quantitative estimate of drug-likeness (QED) is 0.598. The van der Waals surface area contributed by atoms with E-state index in [0.717, 1.165) is 21.3 Å². The fourth-order valence-corrected chi connectivity index (χ4v) is 3.89. The molecule has 0 atom stereocenters. The molecule has 2 aromatic heterocycles. The van der Waals surface area contributed by atoms with Crippen LogP contribution in [0.15, 0.2) is 49.1 Å². The first-order valence-corrected chi connectivity index (χ1v) is 9.00. The number of anilines is 1. The molecule has 0 radical (unpaired) electrons. The van der Waals surface area contributed by atoms with Crippen LogP contribution in [-0.2, 0) is 6.54 Å². The number of rotatable bonds is 4. The zero-order valence-electron chi connectivity index (χ0n) is 14.4. The molecule has 6 nitrogen and oxygen atoms in total. The van der Waals surface area contributed by atoms with Crippen molar-refractivity contribution in [2.45, 2.75) is 20.4 Å². The molecule has 0 saturated heterocycles. The van der Waals surface area contributed by atoms with Gasteiger partial charge in [0.05, 0.1) is 16.8 Å². The van der Waals surface area contributed by atoms with E-state index in [1.165, 1.54) is 23.2 Å². The maximum absolute atomic E-state index is 12.5. The van der Waals surface area contributed by atoms with E-state index in [1.807, 2.05) is 31.2 Å².